The van der Waals surface area contributed by atoms with E-state index < -0.39 is 133 Å². The molecule has 0 amide bonds. The van der Waals surface area contributed by atoms with Crippen molar-refractivity contribution in [2.24, 2.45) is 22.7 Å². The lowest BCUT2D eigenvalue weighted by molar-refractivity contribution is -0.302. The van der Waals surface area contributed by atoms with Crippen LogP contribution in [-0.4, -0.2) is 198 Å². The molecule has 2 aromatic carbocycles. The van der Waals surface area contributed by atoms with Crippen molar-refractivity contribution >= 4 is 36.7 Å². The third-order valence-electron chi connectivity index (χ3n) is 14.1. The van der Waals surface area contributed by atoms with Gasteiger partial charge >= 0.3 is 11.9 Å². The Hall–Kier alpha value is -5.38. The Balaban J connectivity index is 1.14. The summed E-state index contributed by atoms with van der Waals surface area (Å²) < 4.78 is 33.2. The van der Waals surface area contributed by atoms with Gasteiger partial charge < -0.3 is 104 Å². The Kier molecular flexibility index (Phi) is 19.7. The fourth-order valence-corrected chi connectivity index (χ4v) is 9.31. The summed E-state index contributed by atoms with van der Waals surface area (Å²) >= 11 is 0. The summed E-state index contributed by atoms with van der Waals surface area (Å²) in [5, 5.41) is 133. The summed E-state index contributed by atoms with van der Waals surface area (Å²) in [6, 6.07) is 9.16. The number of aliphatic hydroxyl groups excluding tert-OH is 10. The maximum atomic E-state index is 14.3. The molecule has 16 atom stereocenters. The fraction of sp³-hybridized carbons (Fsp3) is 0.560. The maximum absolute atomic E-state index is 14.3. The summed E-state index contributed by atoms with van der Waals surface area (Å²) in [5.74, 6) is -4.31. The van der Waals surface area contributed by atoms with Crippen LogP contribution in [0.15, 0.2) is 65.9 Å². The molecule has 4 aliphatic rings. The second-order valence-corrected chi connectivity index (χ2v) is 19.0. The fourth-order valence-electron chi connectivity index (χ4n) is 9.31. The molecule has 0 aromatic heterocycles. The van der Waals surface area contributed by atoms with Gasteiger partial charge in [0.05, 0.1) is 73.5 Å². The van der Waals surface area contributed by atoms with Gasteiger partial charge in [-0.2, -0.15) is 0 Å². The molecule has 2 aliphatic carbocycles. The van der Waals surface area contributed by atoms with Crippen molar-refractivity contribution in [3.8, 4) is 17.2 Å². The highest BCUT2D eigenvalue weighted by molar-refractivity contribution is 6.12. The normalized spacial score (nSPS) is 35.3. The summed E-state index contributed by atoms with van der Waals surface area (Å²) in [6.07, 6.45) is -11.9. The third kappa shape index (κ3) is 13.5. The van der Waals surface area contributed by atoms with Crippen molar-refractivity contribution in [1.29, 1.82) is 0 Å². The molecule has 6 rings (SSSR count). The van der Waals surface area contributed by atoms with Crippen molar-refractivity contribution in [1.82, 2.24) is 0 Å². The highest BCUT2D eigenvalue weighted by Crippen LogP contribution is 2.42. The first-order valence-corrected chi connectivity index (χ1v) is 23.7. The molecule has 2 heterocycles. The number of hydrogen-bond acceptors (Lipinski definition) is 23. The standard InChI is InChI=1S/C50H64O23/c51-20-35-39(60)41(62)43(64)47(72-35)68-13-11-49(24-53)9-7-28(18-37(49)58)22-70-45(66)31(15-26-1-4-30(55)5-2-26)32(16-27-3-6-33(56)34(57)17-27)46(67)71-23-29-8-10-50(25-54,38(59)19-29)12-14-69-48-44(65)42(63)40(61)36(21-52)73-48/h1-6,11,13,15-17,24-25,28-29,35-44,47-48,51-52,55-65H,7-10,12,14,18-23H2/b13-11?,31-15?,32-16+/t28-,29-,35+,36+,37-,38-,39+,40+,41-,42-,43+,44+,47+,48+,49+,50+/m0/s1. The van der Waals surface area contributed by atoms with Gasteiger partial charge in [-0.25, -0.2) is 9.59 Å². The number of benzene rings is 2. The lowest BCUT2D eigenvalue weighted by Gasteiger charge is -2.42. The first kappa shape index (κ1) is 56.9. The van der Waals surface area contributed by atoms with Crippen LogP contribution in [0.5, 0.6) is 17.2 Å². The van der Waals surface area contributed by atoms with E-state index in [1.54, 1.807) is 0 Å². The third-order valence-corrected chi connectivity index (χ3v) is 14.1. The molecule has 23 nitrogen and oxygen atoms in total. The average Bonchev–Trinajstić information content (AvgIpc) is 3.38. The van der Waals surface area contributed by atoms with Gasteiger partial charge in [0.25, 0.3) is 0 Å². The molecular weight excluding hydrogens is 969 g/mol. The van der Waals surface area contributed by atoms with E-state index >= 15 is 0 Å². The molecule has 2 aliphatic heterocycles. The van der Waals surface area contributed by atoms with Gasteiger partial charge in [0.1, 0.15) is 67.2 Å². The van der Waals surface area contributed by atoms with E-state index in [1.165, 1.54) is 48.6 Å². The molecule has 0 radical (unpaired) electrons. The summed E-state index contributed by atoms with van der Waals surface area (Å²) in [7, 11) is 0. The highest BCUT2D eigenvalue weighted by Gasteiger charge is 2.48. The van der Waals surface area contributed by atoms with Crippen molar-refractivity contribution in [3.05, 3.63) is 77.1 Å². The zero-order valence-electron chi connectivity index (χ0n) is 39.5. The predicted molar refractivity (Wildman–Crippen MR) is 248 cm³/mol. The van der Waals surface area contributed by atoms with E-state index in [4.69, 9.17) is 28.4 Å². The first-order valence-electron chi connectivity index (χ1n) is 23.7. The topological polar surface area (TPSA) is 387 Å². The van der Waals surface area contributed by atoms with Gasteiger partial charge in [0, 0.05) is 0 Å². The highest BCUT2D eigenvalue weighted by atomic mass is 16.7. The van der Waals surface area contributed by atoms with E-state index in [9.17, 15) is 85.6 Å². The first-order chi connectivity index (χ1) is 34.8. The van der Waals surface area contributed by atoms with Crippen LogP contribution in [0, 0.1) is 22.7 Å². The van der Waals surface area contributed by atoms with Crippen LogP contribution in [0.2, 0.25) is 0 Å². The molecule has 4 fully saturated rings. The number of esters is 2. The van der Waals surface area contributed by atoms with Crippen molar-refractivity contribution in [2.45, 2.75) is 119 Å². The number of ether oxygens (including phenoxy) is 6. The predicted octanol–water partition coefficient (Wildman–Crippen LogP) is -1.41. The van der Waals surface area contributed by atoms with Crippen LogP contribution in [0.25, 0.3) is 12.2 Å². The van der Waals surface area contributed by atoms with Crippen molar-refractivity contribution in [2.75, 3.05) is 33.0 Å². The quantitative estimate of drug-likeness (QED) is 0.0181. The van der Waals surface area contributed by atoms with Crippen LogP contribution in [0.1, 0.15) is 56.1 Å². The monoisotopic (exact) mass is 1030 g/mol. The molecule has 2 saturated heterocycles. The molecule has 0 bridgehead atoms. The Labute approximate surface area is 418 Å². The Morgan fingerprint density at radius 1 is 0.630 bits per heavy atom. The zero-order valence-corrected chi connectivity index (χ0v) is 39.5. The van der Waals surface area contributed by atoms with Crippen molar-refractivity contribution < 1.29 is 114 Å². The van der Waals surface area contributed by atoms with Gasteiger partial charge in [-0.1, -0.05) is 18.2 Å². The molecule has 23 heteroatoms. The van der Waals surface area contributed by atoms with Gasteiger partial charge in [-0.15, -0.1) is 0 Å². The molecule has 2 aromatic rings. The lowest BCUT2D eigenvalue weighted by atomic mass is 9.67. The average molecular weight is 1030 g/mol. The SMILES string of the molecule is O=C[C@]1(C=CO[C@@H]2O[C@H](CO)[C@@H](O)[C@H](O)[C@H]2O)CC[C@H](COC(=O)C(=Cc2ccc(O)cc2)/C(=C\c2ccc(O)c(O)c2)C(=O)OC[C@H]2CC[C@](C=O)(CCO[C@@H]3O[C@H](CO)[C@@H](O)[C@H](O)[C@H]3O)[C@@H](O)C2)C[C@@H]1O. The number of carbonyl (C=O) groups excluding carboxylic acids is 4. The second-order valence-electron chi connectivity index (χ2n) is 19.0. The van der Waals surface area contributed by atoms with E-state index in [1.807, 2.05) is 0 Å². The number of phenols is 3. The molecule has 0 spiro atoms. The smallest absolute Gasteiger partial charge is 0.339 e. The Morgan fingerprint density at radius 3 is 1.70 bits per heavy atom. The molecule has 13 N–H and O–H groups in total. The largest absolute Gasteiger partial charge is 0.508 e. The minimum atomic E-state index is -1.72. The molecule has 402 valence electrons. The van der Waals surface area contributed by atoms with Gasteiger partial charge in [-0.3, -0.25) is 0 Å². The number of hydrogen-bond donors (Lipinski definition) is 13. The molecule has 73 heavy (non-hydrogen) atoms. The number of rotatable bonds is 20. The maximum Gasteiger partial charge on any atom is 0.339 e. The van der Waals surface area contributed by atoms with Crippen LogP contribution in [0.4, 0.5) is 0 Å². The number of aromatic hydroxyl groups is 3. The van der Waals surface area contributed by atoms with E-state index in [0.717, 1.165) is 18.4 Å². The summed E-state index contributed by atoms with van der Waals surface area (Å²) in [4.78, 5) is 53.5. The zero-order chi connectivity index (χ0) is 53.2. The van der Waals surface area contributed by atoms with E-state index in [-0.39, 0.29) is 87.2 Å². The minimum absolute atomic E-state index is 0.0201. The van der Waals surface area contributed by atoms with Crippen LogP contribution >= 0.6 is 0 Å². The molecule has 0 unspecified atom stereocenters. The van der Waals surface area contributed by atoms with E-state index in [2.05, 4.69) is 0 Å². The van der Waals surface area contributed by atoms with Crippen LogP contribution in [0.3, 0.4) is 0 Å². The summed E-state index contributed by atoms with van der Waals surface area (Å²) in [5.41, 5.74) is -3.16. The second kappa shape index (κ2) is 25.2. The molecule has 2 saturated carbocycles. The number of phenolic OH excluding ortho intramolecular Hbond substituents is 3. The van der Waals surface area contributed by atoms with Gasteiger partial charge in [0.15, 0.2) is 17.8 Å². The number of aldehydes is 2. The van der Waals surface area contributed by atoms with Gasteiger partial charge in [0.2, 0.25) is 6.29 Å². The van der Waals surface area contributed by atoms with Crippen LogP contribution < -0.4 is 0 Å². The Morgan fingerprint density at radius 2 is 1.16 bits per heavy atom. The van der Waals surface area contributed by atoms with E-state index in [0.29, 0.717) is 18.1 Å². The number of carbonyl (C=O) groups is 4. The number of aliphatic hydroxyl groups is 10. The summed E-state index contributed by atoms with van der Waals surface area (Å²) in [6.45, 7) is -2.25. The Bertz CT molecular complexity index is 2280. The van der Waals surface area contributed by atoms with Crippen molar-refractivity contribution in [3.63, 3.8) is 0 Å². The van der Waals surface area contributed by atoms with Gasteiger partial charge in [-0.05, 0) is 110 Å². The lowest BCUT2D eigenvalue weighted by Crippen LogP contribution is -2.59. The molecular formula is C50H64O23. The minimum Gasteiger partial charge on any atom is -0.508 e. The van der Waals surface area contributed by atoms with Crippen LogP contribution in [-0.2, 0) is 47.6 Å².